The quantitative estimate of drug-likeness (QED) is 0.727. The molecule has 1 N–H and O–H groups in total. The molecule has 1 aromatic rings. The van der Waals surface area contributed by atoms with Gasteiger partial charge in [0.1, 0.15) is 6.61 Å². The topological polar surface area (TPSA) is 42.8 Å². The van der Waals surface area contributed by atoms with Gasteiger partial charge < -0.3 is 9.30 Å². The molecule has 1 aromatic heterocycles. The Labute approximate surface area is 76.6 Å². The lowest BCUT2D eigenvalue weighted by Gasteiger charge is -2.05. The van der Waals surface area contributed by atoms with Crippen molar-refractivity contribution in [3.05, 3.63) is 10.6 Å². The molecule has 0 radical (unpaired) electrons. The van der Waals surface area contributed by atoms with Gasteiger partial charge in [-0.2, -0.15) is 5.10 Å². The van der Waals surface area contributed by atoms with Gasteiger partial charge in [0.05, 0.1) is 6.10 Å². The normalized spacial score (nSPS) is 11.0. The molecule has 0 aliphatic carbocycles. The van der Waals surface area contributed by atoms with E-state index in [0.717, 1.165) is 5.82 Å². The molecule has 0 aliphatic heterocycles. The van der Waals surface area contributed by atoms with Crippen LogP contribution >= 0.6 is 12.2 Å². The van der Waals surface area contributed by atoms with Gasteiger partial charge >= 0.3 is 0 Å². The maximum absolute atomic E-state index is 5.37. The fraction of sp³-hybridized carbons (Fsp3) is 0.714. The van der Waals surface area contributed by atoms with E-state index in [0.29, 0.717) is 11.4 Å². The van der Waals surface area contributed by atoms with Gasteiger partial charge in [0.2, 0.25) is 0 Å². The van der Waals surface area contributed by atoms with Crippen molar-refractivity contribution in [2.24, 2.45) is 7.05 Å². The van der Waals surface area contributed by atoms with Crippen LogP contribution in [0.2, 0.25) is 0 Å². The molecule has 1 heterocycles. The molecule has 0 bridgehead atoms. The van der Waals surface area contributed by atoms with E-state index in [1.165, 1.54) is 0 Å². The molecular formula is C7H13N3OS. The second kappa shape index (κ2) is 3.82. The molecule has 5 heteroatoms. The van der Waals surface area contributed by atoms with Gasteiger partial charge in [-0.1, -0.05) is 0 Å². The van der Waals surface area contributed by atoms with Crippen LogP contribution in [-0.4, -0.2) is 20.9 Å². The molecule has 0 saturated carbocycles. The Bertz CT molecular complexity index is 302. The minimum atomic E-state index is 0.218. The fourth-order valence-electron chi connectivity index (χ4n) is 0.750. The molecule has 0 unspecified atom stereocenters. The van der Waals surface area contributed by atoms with Crippen LogP contribution in [0.3, 0.4) is 0 Å². The smallest absolute Gasteiger partial charge is 0.194 e. The van der Waals surface area contributed by atoms with Crippen LogP contribution in [0, 0.1) is 4.77 Å². The standard InChI is InChI=1S/C7H13N3OS/c1-5(2)11-4-6-8-9-7(12)10(6)3/h5H,4H2,1-3H3,(H,9,12). The third-order valence-electron chi connectivity index (χ3n) is 1.52. The first-order valence-electron chi connectivity index (χ1n) is 3.83. The number of hydrogen-bond acceptors (Lipinski definition) is 3. The summed E-state index contributed by atoms with van der Waals surface area (Å²) in [7, 11) is 1.87. The van der Waals surface area contributed by atoms with Crippen LogP contribution in [0.4, 0.5) is 0 Å². The molecule has 12 heavy (non-hydrogen) atoms. The number of aromatic amines is 1. The van der Waals surface area contributed by atoms with Crippen LogP contribution in [0.5, 0.6) is 0 Å². The molecule has 0 fully saturated rings. The van der Waals surface area contributed by atoms with Crippen molar-refractivity contribution in [1.29, 1.82) is 0 Å². The monoisotopic (exact) mass is 187 g/mol. The highest BCUT2D eigenvalue weighted by Crippen LogP contribution is 1.99. The molecule has 0 saturated heterocycles. The van der Waals surface area contributed by atoms with Crippen LogP contribution in [0.1, 0.15) is 19.7 Å². The van der Waals surface area contributed by atoms with E-state index in [4.69, 9.17) is 17.0 Å². The van der Waals surface area contributed by atoms with E-state index in [9.17, 15) is 0 Å². The van der Waals surface area contributed by atoms with Crippen molar-refractivity contribution < 1.29 is 4.74 Å². The van der Waals surface area contributed by atoms with Gasteiger partial charge in [0, 0.05) is 7.05 Å². The lowest BCUT2D eigenvalue weighted by Crippen LogP contribution is -2.06. The van der Waals surface area contributed by atoms with Gasteiger partial charge in [0.15, 0.2) is 10.6 Å². The predicted molar refractivity (Wildman–Crippen MR) is 48.3 cm³/mol. The molecular weight excluding hydrogens is 174 g/mol. The summed E-state index contributed by atoms with van der Waals surface area (Å²) in [6, 6.07) is 0. The van der Waals surface area contributed by atoms with E-state index >= 15 is 0 Å². The average molecular weight is 187 g/mol. The van der Waals surface area contributed by atoms with Crippen molar-refractivity contribution in [2.45, 2.75) is 26.6 Å². The lowest BCUT2D eigenvalue weighted by molar-refractivity contribution is 0.0597. The van der Waals surface area contributed by atoms with E-state index in [2.05, 4.69) is 10.2 Å². The molecule has 0 spiro atoms. The summed E-state index contributed by atoms with van der Waals surface area (Å²) >= 11 is 4.94. The summed E-state index contributed by atoms with van der Waals surface area (Å²) in [4.78, 5) is 0. The van der Waals surface area contributed by atoms with Crippen LogP contribution in [0.25, 0.3) is 0 Å². The molecule has 0 aliphatic rings. The first-order chi connectivity index (χ1) is 5.61. The lowest BCUT2D eigenvalue weighted by atomic mass is 10.5. The van der Waals surface area contributed by atoms with E-state index in [1.54, 1.807) is 4.57 Å². The molecule has 4 nitrogen and oxygen atoms in total. The highest BCUT2D eigenvalue weighted by atomic mass is 32.1. The van der Waals surface area contributed by atoms with Crippen LogP contribution in [0.15, 0.2) is 0 Å². The van der Waals surface area contributed by atoms with Gasteiger partial charge in [-0.25, -0.2) is 0 Å². The van der Waals surface area contributed by atoms with E-state index in [1.807, 2.05) is 20.9 Å². The highest BCUT2D eigenvalue weighted by molar-refractivity contribution is 7.71. The zero-order chi connectivity index (χ0) is 9.14. The van der Waals surface area contributed by atoms with Gasteiger partial charge in [-0.3, -0.25) is 5.10 Å². The number of hydrogen-bond donors (Lipinski definition) is 1. The molecule has 0 aromatic carbocycles. The minimum absolute atomic E-state index is 0.218. The van der Waals surface area contributed by atoms with Crippen molar-refractivity contribution in [3.8, 4) is 0 Å². The van der Waals surface area contributed by atoms with Crippen molar-refractivity contribution in [1.82, 2.24) is 14.8 Å². The number of rotatable bonds is 3. The van der Waals surface area contributed by atoms with Crippen LogP contribution in [-0.2, 0) is 18.4 Å². The van der Waals surface area contributed by atoms with Crippen LogP contribution < -0.4 is 0 Å². The summed E-state index contributed by atoms with van der Waals surface area (Å²) < 4.78 is 7.80. The first-order valence-corrected chi connectivity index (χ1v) is 4.24. The Balaban J connectivity index is 2.64. The van der Waals surface area contributed by atoms with Gasteiger partial charge in [0.25, 0.3) is 0 Å². The molecule has 0 atom stereocenters. The second-order valence-corrected chi connectivity index (χ2v) is 3.25. The maximum Gasteiger partial charge on any atom is 0.194 e. The second-order valence-electron chi connectivity index (χ2n) is 2.86. The number of nitrogens with one attached hydrogen (secondary N) is 1. The number of H-pyrrole nitrogens is 1. The minimum Gasteiger partial charge on any atom is -0.371 e. The maximum atomic E-state index is 5.37. The Morgan fingerprint density at radius 3 is 2.75 bits per heavy atom. The first kappa shape index (κ1) is 9.41. The third kappa shape index (κ3) is 2.15. The Morgan fingerprint density at radius 2 is 2.33 bits per heavy atom. The van der Waals surface area contributed by atoms with E-state index in [-0.39, 0.29) is 6.10 Å². The number of aromatic nitrogens is 3. The molecule has 0 amide bonds. The zero-order valence-electron chi connectivity index (χ0n) is 7.50. The Morgan fingerprint density at radius 1 is 1.67 bits per heavy atom. The molecule has 1 rings (SSSR count). The predicted octanol–water partition coefficient (Wildman–Crippen LogP) is 1.40. The van der Waals surface area contributed by atoms with Crippen molar-refractivity contribution in [3.63, 3.8) is 0 Å². The number of ether oxygens (including phenoxy) is 1. The summed E-state index contributed by atoms with van der Waals surface area (Å²) in [5.74, 6) is 0.828. The highest BCUT2D eigenvalue weighted by Gasteiger charge is 2.02. The SMILES string of the molecule is CC(C)OCc1n[nH]c(=S)n1C. The summed E-state index contributed by atoms with van der Waals surface area (Å²) in [5.41, 5.74) is 0. The fourth-order valence-corrected chi connectivity index (χ4v) is 0.901. The number of nitrogens with zero attached hydrogens (tertiary/aromatic N) is 2. The largest absolute Gasteiger partial charge is 0.371 e. The third-order valence-corrected chi connectivity index (χ3v) is 1.88. The van der Waals surface area contributed by atoms with Gasteiger partial charge in [-0.15, -0.1) is 0 Å². The average Bonchev–Trinajstić information content (AvgIpc) is 2.30. The van der Waals surface area contributed by atoms with Crippen molar-refractivity contribution in [2.75, 3.05) is 0 Å². The van der Waals surface area contributed by atoms with Gasteiger partial charge in [-0.05, 0) is 26.1 Å². The summed E-state index contributed by atoms with van der Waals surface area (Å²) in [6.45, 7) is 4.48. The Kier molecular flexibility index (Phi) is 2.99. The summed E-state index contributed by atoms with van der Waals surface area (Å²) in [5, 5.41) is 6.70. The Hall–Kier alpha value is -0.680. The molecule has 68 valence electrons. The van der Waals surface area contributed by atoms with Crippen molar-refractivity contribution >= 4 is 12.2 Å². The van der Waals surface area contributed by atoms with E-state index < -0.39 is 0 Å². The summed E-state index contributed by atoms with van der Waals surface area (Å²) in [6.07, 6.45) is 0.218. The zero-order valence-corrected chi connectivity index (χ0v) is 8.31.